The second kappa shape index (κ2) is 9.00. The van der Waals surface area contributed by atoms with Crippen LogP contribution in [0.15, 0.2) is 0 Å². The highest BCUT2D eigenvalue weighted by Gasteiger charge is 2.35. The van der Waals surface area contributed by atoms with E-state index < -0.39 is 6.04 Å². The molecule has 2 rings (SSSR count). The largest absolute Gasteiger partial charge is 0.379 e. The zero-order chi connectivity index (χ0) is 17.5. The molecule has 0 aliphatic carbocycles. The Morgan fingerprint density at radius 1 is 1.38 bits per heavy atom. The number of amides is 2. The van der Waals surface area contributed by atoms with Crippen molar-refractivity contribution in [1.82, 2.24) is 15.1 Å². The Hall–Kier alpha value is -1.65. The summed E-state index contributed by atoms with van der Waals surface area (Å²) in [6.45, 7) is 9.22. The minimum Gasteiger partial charge on any atom is -0.379 e. The van der Waals surface area contributed by atoms with Gasteiger partial charge in [-0.05, 0) is 12.3 Å². The van der Waals surface area contributed by atoms with Crippen LogP contribution in [0.1, 0.15) is 26.7 Å². The van der Waals surface area contributed by atoms with Crippen LogP contribution in [0, 0.1) is 23.2 Å². The minimum atomic E-state index is -0.477. The van der Waals surface area contributed by atoms with Crippen LogP contribution in [-0.4, -0.2) is 73.6 Å². The van der Waals surface area contributed by atoms with Crippen molar-refractivity contribution in [2.75, 3.05) is 45.9 Å². The number of rotatable bonds is 7. The molecule has 0 saturated carbocycles. The Balaban J connectivity index is 1.78. The molecule has 7 heteroatoms. The smallest absolute Gasteiger partial charge is 0.226 e. The van der Waals surface area contributed by atoms with Crippen molar-refractivity contribution >= 4 is 11.8 Å². The summed E-state index contributed by atoms with van der Waals surface area (Å²) < 4.78 is 5.31. The van der Waals surface area contributed by atoms with Gasteiger partial charge in [-0.3, -0.25) is 14.5 Å². The Morgan fingerprint density at radius 2 is 2.08 bits per heavy atom. The molecule has 2 heterocycles. The normalized spacial score (nSPS) is 23.3. The van der Waals surface area contributed by atoms with Crippen LogP contribution in [-0.2, 0) is 14.3 Å². The number of carbonyl (C=O) groups excluding carboxylic acids is 2. The van der Waals surface area contributed by atoms with Gasteiger partial charge in [0, 0.05) is 39.1 Å². The molecule has 0 aromatic rings. The highest BCUT2D eigenvalue weighted by atomic mass is 16.5. The van der Waals surface area contributed by atoms with Gasteiger partial charge in [-0.25, -0.2) is 0 Å². The maximum Gasteiger partial charge on any atom is 0.226 e. The molecular formula is C17H28N4O3. The number of nitriles is 1. The second-order valence-electron chi connectivity index (χ2n) is 7.01. The molecule has 2 saturated heterocycles. The van der Waals surface area contributed by atoms with Crippen molar-refractivity contribution in [3.8, 4) is 6.07 Å². The lowest BCUT2D eigenvalue weighted by Crippen LogP contribution is -2.42. The van der Waals surface area contributed by atoms with Crippen molar-refractivity contribution in [3.05, 3.63) is 0 Å². The van der Waals surface area contributed by atoms with Gasteiger partial charge in [-0.1, -0.05) is 13.8 Å². The van der Waals surface area contributed by atoms with Crippen LogP contribution in [0.5, 0.6) is 0 Å². The lowest BCUT2D eigenvalue weighted by Gasteiger charge is -2.28. The minimum absolute atomic E-state index is 0.0285. The van der Waals surface area contributed by atoms with E-state index in [9.17, 15) is 9.59 Å². The SMILES string of the molecule is CC(C)C[C@@H](C#N)NC(=O)[C@H]1CC(=O)N(CCN2CCOCC2)C1. The second-order valence-corrected chi connectivity index (χ2v) is 7.01. The van der Waals surface area contributed by atoms with E-state index in [2.05, 4.69) is 16.3 Å². The molecule has 0 radical (unpaired) electrons. The number of nitrogens with zero attached hydrogens (tertiary/aromatic N) is 3. The van der Waals surface area contributed by atoms with Gasteiger partial charge < -0.3 is 15.0 Å². The third-order valence-corrected chi connectivity index (χ3v) is 4.55. The zero-order valence-electron chi connectivity index (χ0n) is 14.7. The van der Waals surface area contributed by atoms with Gasteiger partial charge in [0.15, 0.2) is 0 Å². The monoisotopic (exact) mass is 336 g/mol. The van der Waals surface area contributed by atoms with E-state index >= 15 is 0 Å². The predicted octanol–water partition coefficient (Wildman–Crippen LogP) is 0.222. The fraction of sp³-hybridized carbons (Fsp3) is 0.824. The lowest BCUT2D eigenvalue weighted by atomic mass is 10.0. The van der Waals surface area contributed by atoms with Crippen LogP contribution < -0.4 is 5.32 Å². The third kappa shape index (κ3) is 5.46. The first-order valence-corrected chi connectivity index (χ1v) is 8.77. The first-order chi connectivity index (χ1) is 11.5. The summed E-state index contributed by atoms with van der Waals surface area (Å²) in [7, 11) is 0. The van der Waals surface area contributed by atoms with Gasteiger partial charge in [0.05, 0.1) is 25.2 Å². The first-order valence-electron chi connectivity index (χ1n) is 8.77. The van der Waals surface area contributed by atoms with Gasteiger partial charge in [-0.15, -0.1) is 0 Å². The van der Waals surface area contributed by atoms with Gasteiger partial charge >= 0.3 is 0 Å². The maximum atomic E-state index is 12.3. The fourth-order valence-electron chi connectivity index (χ4n) is 3.16. The number of hydrogen-bond donors (Lipinski definition) is 1. The highest BCUT2D eigenvalue weighted by molar-refractivity contribution is 5.89. The molecule has 2 aliphatic heterocycles. The molecule has 134 valence electrons. The molecule has 2 aliphatic rings. The molecular weight excluding hydrogens is 308 g/mol. The summed E-state index contributed by atoms with van der Waals surface area (Å²) in [6.07, 6.45) is 0.873. The number of hydrogen-bond acceptors (Lipinski definition) is 5. The Bertz CT molecular complexity index is 483. The van der Waals surface area contributed by atoms with E-state index in [0.717, 1.165) is 32.8 Å². The van der Waals surface area contributed by atoms with Crippen molar-refractivity contribution in [3.63, 3.8) is 0 Å². The average molecular weight is 336 g/mol. The van der Waals surface area contributed by atoms with Crippen molar-refractivity contribution < 1.29 is 14.3 Å². The number of morpholine rings is 1. The number of nitrogens with one attached hydrogen (secondary N) is 1. The number of carbonyl (C=O) groups is 2. The molecule has 24 heavy (non-hydrogen) atoms. The Labute approximate surface area is 143 Å². The quantitative estimate of drug-likeness (QED) is 0.719. The number of ether oxygens (including phenoxy) is 1. The van der Waals surface area contributed by atoms with Gasteiger partial charge in [-0.2, -0.15) is 5.26 Å². The summed E-state index contributed by atoms with van der Waals surface area (Å²) >= 11 is 0. The van der Waals surface area contributed by atoms with Crippen molar-refractivity contribution in [2.45, 2.75) is 32.7 Å². The van der Waals surface area contributed by atoms with E-state index in [4.69, 9.17) is 10.00 Å². The average Bonchev–Trinajstić information content (AvgIpc) is 2.94. The van der Waals surface area contributed by atoms with Crippen LogP contribution in [0.4, 0.5) is 0 Å². The standard InChI is InChI=1S/C17H28N4O3/c1-13(2)9-15(11-18)19-17(23)14-10-16(22)21(12-14)4-3-20-5-7-24-8-6-20/h13-15H,3-10,12H2,1-2H3,(H,19,23)/t14-,15-/m0/s1. The Kier molecular flexibility index (Phi) is 7.00. The Morgan fingerprint density at radius 3 is 2.71 bits per heavy atom. The molecule has 0 aromatic heterocycles. The molecule has 0 aromatic carbocycles. The molecule has 2 amide bonds. The molecule has 0 bridgehead atoms. The predicted molar refractivity (Wildman–Crippen MR) is 88.9 cm³/mol. The van der Waals surface area contributed by atoms with Gasteiger partial charge in [0.25, 0.3) is 0 Å². The molecule has 1 N–H and O–H groups in total. The summed E-state index contributed by atoms with van der Waals surface area (Å²) in [5.41, 5.74) is 0. The highest BCUT2D eigenvalue weighted by Crippen LogP contribution is 2.18. The van der Waals surface area contributed by atoms with Crippen molar-refractivity contribution in [1.29, 1.82) is 5.26 Å². The molecule has 0 spiro atoms. The third-order valence-electron chi connectivity index (χ3n) is 4.55. The van der Waals surface area contributed by atoms with E-state index in [1.165, 1.54) is 0 Å². The fourth-order valence-corrected chi connectivity index (χ4v) is 3.16. The summed E-state index contributed by atoms with van der Waals surface area (Å²) in [5, 5.41) is 11.9. The zero-order valence-corrected chi connectivity index (χ0v) is 14.7. The van der Waals surface area contributed by atoms with E-state index in [1.807, 2.05) is 13.8 Å². The molecule has 7 nitrogen and oxygen atoms in total. The summed E-state index contributed by atoms with van der Waals surface area (Å²) in [6, 6.07) is 1.65. The molecule has 2 fully saturated rings. The van der Waals surface area contributed by atoms with E-state index in [1.54, 1.807) is 4.90 Å². The summed E-state index contributed by atoms with van der Waals surface area (Å²) in [4.78, 5) is 28.5. The molecule has 0 unspecified atom stereocenters. The van der Waals surface area contributed by atoms with Gasteiger partial charge in [0.2, 0.25) is 11.8 Å². The van der Waals surface area contributed by atoms with Crippen LogP contribution >= 0.6 is 0 Å². The maximum absolute atomic E-state index is 12.3. The van der Waals surface area contributed by atoms with Gasteiger partial charge in [0.1, 0.15) is 6.04 Å². The molecule has 2 atom stereocenters. The first kappa shape index (κ1) is 18.7. The lowest BCUT2D eigenvalue weighted by molar-refractivity contribution is -0.129. The topological polar surface area (TPSA) is 85.7 Å². The summed E-state index contributed by atoms with van der Waals surface area (Å²) in [5.74, 6) is -0.152. The van der Waals surface area contributed by atoms with Crippen LogP contribution in [0.3, 0.4) is 0 Å². The van der Waals surface area contributed by atoms with E-state index in [0.29, 0.717) is 25.4 Å². The number of likely N-dealkylation sites (tertiary alicyclic amines) is 1. The van der Waals surface area contributed by atoms with E-state index in [-0.39, 0.29) is 24.2 Å². The van der Waals surface area contributed by atoms with Crippen LogP contribution in [0.2, 0.25) is 0 Å². The van der Waals surface area contributed by atoms with Crippen molar-refractivity contribution in [2.24, 2.45) is 11.8 Å². The van der Waals surface area contributed by atoms with Crippen LogP contribution in [0.25, 0.3) is 0 Å².